The third kappa shape index (κ3) is 5.61. The highest BCUT2D eigenvalue weighted by Gasteiger charge is 2.49. The Balaban J connectivity index is 1.17. The molecule has 4 aliphatic rings. The van der Waals surface area contributed by atoms with Gasteiger partial charge in [-0.3, -0.25) is 9.58 Å². The standard InChI is InChI=1S/C36H41F2N7O4/c1-3-26-28(38)7-6-22-14-25(46)16-31(32(22)26)42-13-8-27-30(20-42)39-35(49-21-36-9-4-11-44(36)18-23(37)17-36)40-33(27)43-10-5-12-45-24(19-43)15-29(41-45)34(47)48-2/h6-7,14-16,23,46H,3-5,8-13,17-21H2,1-2H3/t23-,36+/m1/s1. The second-order valence-electron chi connectivity index (χ2n) is 13.7. The van der Waals surface area contributed by atoms with Crippen LogP contribution in [-0.4, -0.2) is 87.3 Å². The molecule has 2 aromatic heterocycles. The van der Waals surface area contributed by atoms with E-state index < -0.39 is 12.1 Å². The van der Waals surface area contributed by atoms with Crippen molar-refractivity contribution in [1.29, 1.82) is 0 Å². The van der Waals surface area contributed by atoms with Crippen molar-refractivity contribution in [3.8, 4) is 11.8 Å². The first-order chi connectivity index (χ1) is 23.7. The molecule has 2 atom stereocenters. The molecule has 0 amide bonds. The van der Waals surface area contributed by atoms with Gasteiger partial charge in [-0.05, 0) is 67.8 Å². The fourth-order valence-electron chi connectivity index (χ4n) is 8.49. The van der Waals surface area contributed by atoms with Gasteiger partial charge in [0.1, 0.15) is 30.2 Å². The fraction of sp³-hybridized carbons (Fsp3) is 0.500. The minimum absolute atomic E-state index is 0.116. The number of anilines is 2. The van der Waals surface area contributed by atoms with Gasteiger partial charge in [-0.15, -0.1) is 0 Å². The van der Waals surface area contributed by atoms with Gasteiger partial charge in [0.2, 0.25) is 0 Å². The Morgan fingerprint density at radius 2 is 1.96 bits per heavy atom. The minimum Gasteiger partial charge on any atom is -0.508 e. The molecule has 6 heterocycles. The molecular weight excluding hydrogens is 632 g/mol. The lowest BCUT2D eigenvalue weighted by Crippen LogP contribution is -2.43. The molecule has 2 saturated heterocycles. The molecule has 0 saturated carbocycles. The number of ether oxygens (including phenoxy) is 2. The zero-order valence-corrected chi connectivity index (χ0v) is 27.9. The van der Waals surface area contributed by atoms with E-state index in [2.05, 4.69) is 19.8 Å². The number of halogens is 2. The summed E-state index contributed by atoms with van der Waals surface area (Å²) in [4.78, 5) is 28.8. The highest BCUT2D eigenvalue weighted by Crippen LogP contribution is 2.42. The molecule has 4 aliphatic heterocycles. The van der Waals surface area contributed by atoms with Gasteiger partial charge in [-0.2, -0.15) is 15.1 Å². The number of aryl methyl sites for hydroxylation is 2. The van der Waals surface area contributed by atoms with Crippen molar-refractivity contribution in [2.24, 2.45) is 0 Å². The molecular formula is C36H41F2N7O4. The normalized spacial score (nSPS) is 22.2. The molecule has 11 nitrogen and oxygen atoms in total. The summed E-state index contributed by atoms with van der Waals surface area (Å²) in [6.45, 7) is 6.39. The lowest BCUT2D eigenvalue weighted by molar-refractivity contribution is 0.0593. The number of alkyl halides is 1. The second kappa shape index (κ2) is 12.4. The molecule has 8 rings (SSSR count). The van der Waals surface area contributed by atoms with Crippen molar-refractivity contribution in [2.45, 2.75) is 76.8 Å². The zero-order valence-electron chi connectivity index (χ0n) is 27.9. The van der Waals surface area contributed by atoms with Gasteiger partial charge in [-0.25, -0.2) is 13.6 Å². The number of rotatable bonds is 7. The van der Waals surface area contributed by atoms with Crippen LogP contribution in [0.25, 0.3) is 10.8 Å². The van der Waals surface area contributed by atoms with E-state index in [1.165, 1.54) is 13.2 Å². The molecule has 0 spiro atoms. The van der Waals surface area contributed by atoms with E-state index in [0.29, 0.717) is 70.7 Å². The Morgan fingerprint density at radius 3 is 2.80 bits per heavy atom. The largest absolute Gasteiger partial charge is 0.508 e. The summed E-state index contributed by atoms with van der Waals surface area (Å²) >= 11 is 0. The monoisotopic (exact) mass is 673 g/mol. The lowest BCUT2D eigenvalue weighted by atomic mass is 9.95. The fourth-order valence-corrected chi connectivity index (χ4v) is 8.49. The number of methoxy groups -OCH3 is 1. The van der Waals surface area contributed by atoms with Crippen molar-refractivity contribution in [3.05, 3.63) is 64.4 Å². The topological polar surface area (TPSA) is 109 Å². The summed E-state index contributed by atoms with van der Waals surface area (Å²) in [5.41, 5.74) is 3.96. The Kier molecular flexibility index (Phi) is 8.04. The predicted molar refractivity (Wildman–Crippen MR) is 180 cm³/mol. The van der Waals surface area contributed by atoms with Gasteiger partial charge in [-0.1, -0.05) is 13.0 Å². The van der Waals surface area contributed by atoms with E-state index in [4.69, 9.17) is 19.4 Å². The van der Waals surface area contributed by atoms with Gasteiger partial charge >= 0.3 is 12.0 Å². The Hall–Kier alpha value is -4.52. The Morgan fingerprint density at radius 1 is 1.08 bits per heavy atom. The zero-order chi connectivity index (χ0) is 33.9. The average molecular weight is 674 g/mol. The van der Waals surface area contributed by atoms with Gasteiger partial charge in [0.25, 0.3) is 0 Å². The van der Waals surface area contributed by atoms with Crippen LogP contribution in [0.1, 0.15) is 65.6 Å². The SMILES string of the molecule is CCc1c(F)ccc2cc(O)cc(N3CCc4c(nc(OC[C@@]56CCCN5C[C@H](F)C6)nc4N4CCCn5nc(C(=O)OC)cc5C4)C3)c12. The van der Waals surface area contributed by atoms with Crippen LogP contribution in [0.3, 0.4) is 0 Å². The number of carbonyl (C=O) groups is 1. The number of hydrogen-bond acceptors (Lipinski definition) is 10. The minimum atomic E-state index is -0.871. The summed E-state index contributed by atoms with van der Waals surface area (Å²) in [5, 5.41) is 16.8. The molecule has 0 radical (unpaired) electrons. The first kappa shape index (κ1) is 31.7. The van der Waals surface area contributed by atoms with Crippen molar-refractivity contribution in [3.63, 3.8) is 0 Å². The number of aromatic nitrogens is 4. The van der Waals surface area contributed by atoms with Crippen molar-refractivity contribution >= 4 is 28.2 Å². The summed E-state index contributed by atoms with van der Waals surface area (Å²) in [6.07, 6.45) is 3.36. The van der Waals surface area contributed by atoms with Crippen LogP contribution in [0.4, 0.5) is 20.3 Å². The van der Waals surface area contributed by atoms with E-state index in [9.17, 15) is 14.3 Å². The number of benzene rings is 2. The summed E-state index contributed by atoms with van der Waals surface area (Å²) in [6, 6.07) is 8.57. The predicted octanol–water partition coefficient (Wildman–Crippen LogP) is 4.95. The number of phenolic OH excluding ortho intramolecular Hbond substituents is 1. The van der Waals surface area contributed by atoms with Crippen molar-refractivity contribution in [2.75, 3.05) is 49.7 Å². The average Bonchev–Trinajstić information content (AvgIpc) is 3.73. The van der Waals surface area contributed by atoms with E-state index in [-0.39, 0.29) is 28.8 Å². The quantitative estimate of drug-likeness (QED) is 0.271. The maximum absolute atomic E-state index is 15.1. The Labute approximate surface area is 283 Å². The van der Waals surface area contributed by atoms with Crippen LogP contribution in [0, 0.1) is 5.82 Å². The van der Waals surface area contributed by atoms with Gasteiger partial charge in [0.15, 0.2) is 5.69 Å². The number of phenols is 1. The third-order valence-electron chi connectivity index (χ3n) is 10.8. The van der Waals surface area contributed by atoms with Crippen molar-refractivity contribution in [1.82, 2.24) is 24.6 Å². The van der Waals surface area contributed by atoms with E-state index >= 15 is 4.39 Å². The number of fused-ring (bicyclic) bond motifs is 4. The van der Waals surface area contributed by atoms with Gasteiger partial charge < -0.3 is 24.4 Å². The van der Waals surface area contributed by atoms with Crippen LogP contribution in [0.5, 0.6) is 11.8 Å². The van der Waals surface area contributed by atoms with Crippen LogP contribution < -0.4 is 14.5 Å². The van der Waals surface area contributed by atoms with Crippen LogP contribution in [0.2, 0.25) is 0 Å². The molecule has 1 N–H and O–H groups in total. The van der Waals surface area contributed by atoms with Crippen LogP contribution in [0.15, 0.2) is 30.3 Å². The molecule has 258 valence electrons. The summed E-state index contributed by atoms with van der Waals surface area (Å²) in [5.74, 6) is 0.143. The molecule has 49 heavy (non-hydrogen) atoms. The highest BCUT2D eigenvalue weighted by molar-refractivity contribution is 5.98. The van der Waals surface area contributed by atoms with Gasteiger partial charge in [0.05, 0.1) is 37.1 Å². The highest BCUT2D eigenvalue weighted by atomic mass is 19.1. The van der Waals surface area contributed by atoms with E-state index in [0.717, 1.165) is 65.0 Å². The molecule has 4 aromatic rings. The van der Waals surface area contributed by atoms with E-state index in [1.807, 2.05) is 11.6 Å². The summed E-state index contributed by atoms with van der Waals surface area (Å²) in [7, 11) is 1.35. The molecule has 0 aliphatic carbocycles. The molecule has 2 fully saturated rings. The van der Waals surface area contributed by atoms with Gasteiger partial charge in [0, 0.05) is 55.3 Å². The second-order valence-corrected chi connectivity index (χ2v) is 13.7. The molecule has 13 heteroatoms. The first-order valence-electron chi connectivity index (χ1n) is 17.3. The molecule has 0 bridgehead atoms. The molecule has 0 unspecified atom stereocenters. The first-order valence-corrected chi connectivity index (χ1v) is 17.3. The Bertz CT molecular complexity index is 1940. The lowest BCUT2D eigenvalue weighted by Gasteiger charge is -2.35. The summed E-state index contributed by atoms with van der Waals surface area (Å²) < 4.78 is 42.9. The smallest absolute Gasteiger partial charge is 0.358 e. The maximum atomic E-state index is 15.1. The number of aromatic hydroxyl groups is 1. The maximum Gasteiger partial charge on any atom is 0.358 e. The van der Waals surface area contributed by atoms with Crippen molar-refractivity contribution < 1.29 is 28.2 Å². The van der Waals surface area contributed by atoms with Crippen LogP contribution >= 0.6 is 0 Å². The van der Waals surface area contributed by atoms with E-state index in [1.54, 1.807) is 24.3 Å². The molecule has 2 aromatic carbocycles. The van der Waals surface area contributed by atoms with Crippen LogP contribution in [-0.2, 0) is 37.2 Å². The number of esters is 1. The number of hydrogen-bond donors (Lipinski definition) is 1. The number of nitrogens with zero attached hydrogens (tertiary/aromatic N) is 7. The third-order valence-corrected chi connectivity index (χ3v) is 10.8. The number of carbonyl (C=O) groups excluding carboxylic acids is 1.